The normalized spacial score (nSPS) is 10.9. The van der Waals surface area contributed by atoms with E-state index in [0.29, 0.717) is 23.4 Å². The van der Waals surface area contributed by atoms with Gasteiger partial charge in [0.25, 0.3) is 5.91 Å². The van der Waals surface area contributed by atoms with Gasteiger partial charge in [-0.05, 0) is 24.6 Å². The maximum atomic E-state index is 12.8. The first-order valence-corrected chi connectivity index (χ1v) is 8.90. The molecule has 0 saturated carbocycles. The van der Waals surface area contributed by atoms with Crippen LogP contribution < -0.4 is 10.1 Å². The molecule has 3 rings (SSSR count). The molecule has 1 amide bonds. The van der Waals surface area contributed by atoms with Crippen LogP contribution in [-0.2, 0) is 7.05 Å². The van der Waals surface area contributed by atoms with Crippen molar-refractivity contribution in [1.29, 1.82) is 0 Å². The second kappa shape index (κ2) is 7.99. The lowest BCUT2D eigenvalue weighted by atomic mass is 10.1. The predicted molar refractivity (Wildman–Crippen MR) is 102 cm³/mol. The van der Waals surface area contributed by atoms with Crippen molar-refractivity contribution < 1.29 is 9.53 Å². The number of unbranched alkanes of at least 4 members (excludes halogenated alkanes) is 2. The van der Waals surface area contributed by atoms with Gasteiger partial charge in [-0.1, -0.05) is 31.9 Å². The fraction of sp³-hybridized carbons (Fsp3) is 0.350. The fourth-order valence-corrected chi connectivity index (χ4v) is 2.97. The van der Waals surface area contributed by atoms with Crippen molar-refractivity contribution in [3.8, 4) is 17.0 Å². The molecule has 1 aromatic carbocycles. The molecule has 2 heterocycles. The molecular weight excluding hydrogens is 328 g/mol. The Kier molecular flexibility index (Phi) is 5.51. The van der Waals surface area contributed by atoms with Crippen molar-refractivity contribution in [3.05, 3.63) is 42.1 Å². The Balaban J connectivity index is 2.04. The van der Waals surface area contributed by atoms with E-state index in [-0.39, 0.29) is 5.91 Å². The van der Waals surface area contributed by atoms with E-state index in [4.69, 9.17) is 9.72 Å². The minimum absolute atomic E-state index is 0.0994. The molecule has 0 fully saturated rings. The standard InChI is InChI=1S/C20H24N4O2/c1-4-5-8-11-21-20(25)15-12-17(14-9-6-7-10-18(14)26-3)23-19-16(15)13-22-24(19)2/h6-7,9-10,12-13H,4-5,8,11H2,1-3H3,(H,21,25). The number of hydrogen-bond acceptors (Lipinski definition) is 4. The first-order valence-electron chi connectivity index (χ1n) is 8.90. The van der Waals surface area contributed by atoms with Crippen molar-refractivity contribution in [1.82, 2.24) is 20.1 Å². The van der Waals surface area contributed by atoms with E-state index in [0.717, 1.165) is 36.0 Å². The maximum absolute atomic E-state index is 12.8. The van der Waals surface area contributed by atoms with Crippen LogP contribution in [0, 0.1) is 0 Å². The molecule has 136 valence electrons. The molecule has 0 aliphatic rings. The number of benzene rings is 1. The zero-order valence-corrected chi connectivity index (χ0v) is 15.5. The molecule has 3 aromatic rings. The first kappa shape index (κ1) is 17.9. The van der Waals surface area contributed by atoms with Gasteiger partial charge in [0.05, 0.1) is 30.0 Å². The van der Waals surface area contributed by atoms with E-state index >= 15 is 0 Å². The molecule has 0 radical (unpaired) electrons. The van der Waals surface area contributed by atoms with Crippen LogP contribution in [0.15, 0.2) is 36.5 Å². The highest BCUT2D eigenvalue weighted by Crippen LogP contribution is 2.31. The number of ether oxygens (including phenoxy) is 1. The van der Waals surface area contributed by atoms with Crippen LogP contribution in [0.1, 0.15) is 36.5 Å². The number of methoxy groups -OCH3 is 1. The van der Waals surface area contributed by atoms with E-state index in [1.165, 1.54) is 0 Å². The van der Waals surface area contributed by atoms with E-state index in [2.05, 4.69) is 17.3 Å². The molecular formula is C20H24N4O2. The van der Waals surface area contributed by atoms with Crippen LogP contribution in [-0.4, -0.2) is 34.3 Å². The Labute approximate surface area is 153 Å². The van der Waals surface area contributed by atoms with Gasteiger partial charge >= 0.3 is 0 Å². The number of fused-ring (bicyclic) bond motifs is 1. The van der Waals surface area contributed by atoms with Crippen molar-refractivity contribution >= 4 is 16.9 Å². The van der Waals surface area contributed by atoms with Gasteiger partial charge in [0.2, 0.25) is 0 Å². The van der Waals surface area contributed by atoms with Crippen molar-refractivity contribution in [2.75, 3.05) is 13.7 Å². The zero-order chi connectivity index (χ0) is 18.5. The number of para-hydroxylation sites is 1. The van der Waals surface area contributed by atoms with Crippen LogP contribution >= 0.6 is 0 Å². The van der Waals surface area contributed by atoms with Crippen LogP contribution in [0.2, 0.25) is 0 Å². The van der Waals surface area contributed by atoms with Gasteiger partial charge in [-0.25, -0.2) is 4.98 Å². The van der Waals surface area contributed by atoms with E-state index < -0.39 is 0 Å². The average molecular weight is 352 g/mol. The topological polar surface area (TPSA) is 69.0 Å². The summed E-state index contributed by atoms with van der Waals surface area (Å²) in [4.78, 5) is 17.5. The van der Waals surface area contributed by atoms with Gasteiger partial charge in [-0.2, -0.15) is 5.10 Å². The van der Waals surface area contributed by atoms with E-state index in [9.17, 15) is 4.79 Å². The number of nitrogens with one attached hydrogen (secondary N) is 1. The Morgan fingerprint density at radius 2 is 2.08 bits per heavy atom. The number of rotatable bonds is 7. The number of pyridine rings is 1. The van der Waals surface area contributed by atoms with Gasteiger partial charge in [0.1, 0.15) is 5.75 Å². The molecule has 0 unspecified atom stereocenters. The summed E-state index contributed by atoms with van der Waals surface area (Å²) in [6, 6.07) is 9.47. The highest BCUT2D eigenvalue weighted by Gasteiger charge is 2.17. The third-order valence-corrected chi connectivity index (χ3v) is 4.40. The summed E-state index contributed by atoms with van der Waals surface area (Å²) in [5, 5.41) is 8.03. The maximum Gasteiger partial charge on any atom is 0.252 e. The number of carbonyl (C=O) groups excluding carboxylic acids is 1. The SMILES string of the molecule is CCCCCNC(=O)c1cc(-c2ccccc2OC)nc2c1cnn2C. The molecule has 6 heteroatoms. The van der Waals surface area contributed by atoms with Gasteiger partial charge in [0, 0.05) is 19.2 Å². The Hall–Kier alpha value is -2.89. The smallest absolute Gasteiger partial charge is 0.252 e. The molecule has 6 nitrogen and oxygen atoms in total. The number of aryl methyl sites for hydroxylation is 1. The molecule has 0 saturated heterocycles. The molecule has 0 aliphatic carbocycles. The largest absolute Gasteiger partial charge is 0.496 e. The number of amides is 1. The first-order chi connectivity index (χ1) is 12.7. The molecule has 2 aromatic heterocycles. The molecule has 0 bridgehead atoms. The highest BCUT2D eigenvalue weighted by molar-refractivity contribution is 6.06. The Morgan fingerprint density at radius 3 is 2.85 bits per heavy atom. The Morgan fingerprint density at radius 1 is 1.27 bits per heavy atom. The van der Waals surface area contributed by atoms with Crippen LogP contribution in [0.4, 0.5) is 0 Å². The van der Waals surface area contributed by atoms with Crippen LogP contribution in [0.3, 0.4) is 0 Å². The second-order valence-corrected chi connectivity index (χ2v) is 6.22. The monoisotopic (exact) mass is 352 g/mol. The average Bonchev–Trinajstić information content (AvgIpc) is 3.05. The van der Waals surface area contributed by atoms with Gasteiger partial charge in [-0.15, -0.1) is 0 Å². The van der Waals surface area contributed by atoms with Crippen molar-refractivity contribution in [2.45, 2.75) is 26.2 Å². The highest BCUT2D eigenvalue weighted by atomic mass is 16.5. The number of hydrogen-bond donors (Lipinski definition) is 1. The molecule has 0 atom stereocenters. The summed E-state index contributed by atoms with van der Waals surface area (Å²) in [5.74, 6) is 0.619. The summed E-state index contributed by atoms with van der Waals surface area (Å²) in [6.45, 7) is 2.81. The molecule has 26 heavy (non-hydrogen) atoms. The number of aromatic nitrogens is 3. The fourth-order valence-electron chi connectivity index (χ4n) is 2.97. The molecule has 0 aliphatic heterocycles. The lowest BCUT2D eigenvalue weighted by molar-refractivity contribution is 0.0954. The lowest BCUT2D eigenvalue weighted by Crippen LogP contribution is -2.24. The van der Waals surface area contributed by atoms with E-state index in [1.54, 1.807) is 18.0 Å². The summed E-state index contributed by atoms with van der Waals surface area (Å²) >= 11 is 0. The van der Waals surface area contributed by atoms with Crippen LogP contribution in [0.5, 0.6) is 5.75 Å². The zero-order valence-electron chi connectivity index (χ0n) is 15.5. The van der Waals surface area contributed by atoms with E-state index in [1.807, 2.05) is 37.4 Å². The summed E-state index contributed by atoms with van der Waals surface area (Å²) in [6.07, 6.45) is 4.89. The van der Waals surface area contributed by atoms with Gasteiger partial charge in [-0.3, -0.25) is 9.48 Å². The van der Waals surface area contributed by atoms with Crippen LogP contribution in [0.25, 0.3) is 22.3 Å². The second-order valence-electron chi connectivity index (χ2n) is 6.22. The van der Waals surface area contributed by atoms with Gasteiger partial charge < -0.3 is 10.1 Å². The number of nitrogens with zero attached hydrogens (tertiary/aromatic N) is 3. The summed E-state index contributed by atoms with van der Waals surface area (Å²) in [5.41, 5.74) is 2.79. The molecule has 1 N–H and O–H groups in total. The molecule has 0 spiro atoms. The summed E-state index contributed by atoms with van der Waals surface area (Å²) < 4.78 is 7.14. The summed E-state index contributed by atoms with van der Waals surface area (Å²) in [7, 11) is 3.45. The van der Waals surface area contributed by atoms with Crippen molar-refractivity contribution in [3.63, 3.8) is 0 Å². The van der Waals surface area contributed by atoms with Gasteiger partial charge in [0.15, 0.2) is 5.65 Å². The minimum atomic E-state index is -0.0994. The quantitative estimate of drug-likeness (QED) is 0.660. The lowest BCUT2D eigenvalue weighted by Gasteiger charge is -2.11. The van der Waals surface area contributed by atoms with Crippen molar-refractivity contribution in [2.24, 2.45) is 7.05 Å². The third kappa shape index (κ3) is 3.54. The Bertz CT molecular complexity index is 917. The predicted octanol–water partition coefficient (Wildman–Crippen LogP) is 3.56. The minimum Gasteiger partial charge on any atom is -0.496 e. The third-order valence-electron chi connectivity index (χ3n) is 4.40. The number of carbonyl (C=O) groups is 1.